The van der Waals surface area contributed by atoms with Gasteiger partial charge in [0.2, 0.25) is 5.91 Å². The van der Waals surface area contributed by atoms with Crippen LogP contribution in [0.2, 0.25) is 10.0 Å². The van der Waals surface area contributed by atoms with Crippen LogP contribution < -0.4 is 20.1 Å². The molecule has 0 spiro atoms. The number of nitrogens with one attached hydrogen (secondary N) is 2. The van der Waals surface area contributed by atoms with Gasteiger partial charge in [0.05, 0.1) is 16.0 Å². The monoisotopic (exact) mass is 659 g/mol. The van der Waals surface area contributed by atoms with Crippen LogP contribution in [0.15, 0.2) is 72.8 Å². The summed E-state index contributed by atoms with van der Waals surface area (Å²) >= 11 is 12.5. The standard InChI is InChI=1S/C37H39Cl2N3O4/c1-23-18-32(38)35(33(39)19-23)46-17-16-45-28-12-13-29(24(2)20-28)36(43)41-34-14-15-40-21-31(34)37(44)42(27-10-11-27)22-26-8-5-7-25-6-3-4-9-30(25)26/h3-9,12-13,18-20,27,31,34,40H,10-11,14-17,21-22H2,1-2H3,(H,41,43). The van der Waals surface area contributed by atoms with E-state index in [-0.39, 0.29) is 43.0 Å². The minimum atomic E-state index is -0.341. The average molecular weight is 661 g/mol. The summed E-state index contributed by atoms with van der Waals surface area (Å²) < 4.78 is 11.6. The molecule has 4 aromatic rings. The van der Waals surface area contributed by atoms with E-state index in [9.17, 15) is 9.59 Å². The van der Waals surface area contributed by atoms with E-state index in [1.165, 1.54) is 10.8 Å². The summed E-state index contributed by atoms with van der Waals surface area (Å²) in [6.07, 6.45) is 2.71. The van der Waals surface area contributed by atoms with Gasteiger partial charge >= 0.3 is 0 Å². The summed E-state index contributed by atoms with van der Waals surface area (Å²) in [6.45, 7) is 6.18. The smallest absolute Gasteiger partial charge is 0.251 e. The molecule has 1 saturated heterocycles. The highest BCUT2D eigenvalue weighted by atomic mass is 35.5. The Labute approximate surface area is 280 Å². The zero-order chi connectivity index (χ0) is 32.2. The van der Waals surface area contributed by atoms with Crippen LogP contribution in [0.25, 0.3) is 10.8 Å². The second kappa shape index (κ2) is 14.3. The van der Waals surface area contributed by atoms with Crippen molar-refractivity contribution in [2.24, 2.45) is 5.92 Å². The third-order valence-corrected chi connectivity index (χ3v) is 9.35. The van der Waals surface area contributed by atoms with Gasteiger partial charge in [-0.1, -0.05) is 65.7 Å². The van der Waals surface area contributed by atoms with Crippen LogP contribution in [0, 0.1) is 19.8 Å². The van der Waals surface area contributed by atoms with Crippen LogP contribution in [0.4, 0.5) is 0 Å². The first kappa shape index (κ1) is 32.2. The number of amides is 2. The number of hydrogen-bond acceptors (Lipinski definition) is 5. The van der Waals surface area contributed by atoms with E-state index < -0.39 is 0 Å². The Balaban J connectivity index is 1.08. The molecule has 1 aliphatic heterocycles. The van der Waals surface area contributed by atoms with E-state index in [1.54, 1.807) is 24.3 Å². The van der Waals surface area contributed by atoms with Crippen molar-refractivity contribution in [3.63, 3.8) is 0 Å². The number of ether oxygens (including phenoxy) is 2. The maximum Gasteiger partial charge on any atom is 0.251 e. The van der Waals surface area contributed by atoms with Crippen molar-refractivity contribution < 1.29 is 19.1 Å². The van der Waals surface area contributed by atoms with Gasteiger partial charge in [0.25, 0.3) is 5.91 Å². The lowest BCUT2D eigenvalue weighted by atomic mass is 9.91. The number of carbonyl (C=O) groups excluding carboxylic acids is 2. The molecule has 9 heteroatoms. The molecular weight excluding hydrogens is 621 g/mol. The SMILES string of the molecule is Cc1cc(Cl)c(OCCOc2ccc(C(=O)NC3CCNCC3C(=O)N(Cc3cccc4ccccc34)C3CC3)c(C)c2)c(Cl)c1. The molecule has 1 heterocycles. The van der Waals surface area contributed by atoms with E-state index in [0.717, 1.165) is 36.1 Å². The van der Waals surface area contributed by atoms with E-state index in [0.29, 0.717) is 46.6 Å². The van der Waals surface area contributed by atoms with Crippen molar-refractivity contribution in [2.45, 2.75) is 51.7 Å². The molecule has 4 aromatic carbocycles. The molecule has 46 heavy (non-hydrogen) atoms. The van der Waals surface area contributed by atoms with Crippen molar-refractivity contribution >= 4 is 45.8 Å². The molecule has 7 nitrogen and oxygen atoms in total. The summed E-state index contributed by atoms with van der Waals surface area (Å²) in [5.74, 6) is 0.634. The van der Waals surface area contributed by atoms with Crippen molar-refractivity contribution in [3.8, 4) is 11.5 Å². The highest BCUT2D eigenvalue weighted by Gasteiger charge is 2.40. The minimum absolute atomic E-state index is 0.101. The first-order valence-corrected chi connectivity index (χ1v) is 16.6. The van der Waals surface area contributed by atoms with Crippen LogP contribution in [-0.2, 0) is 11.3 Å². The number of carbonyl (C=O) groups is 2. The van der Waals surface area contributed by atoms with Gasteiger partial charge in [0.15, 0.2) is 5.75 Å². The number of aryl methyl sites for hydroxylation is 2. The lowest BCUT2D eigenvalue weighted by molar-refractivity contribution is -0.138. The first-order chi connectivity index (χ1) is 22.3. The zero-order valence-corrected chi connectivity index (χ0v) is 27.7. The number of fused-ring (bicyclic) bond motifs is 1. The first-order valence-electron chi connectivity index (χ1n) is 15.9. The highest BCUT2D eigenvalue weighted by Crippen LogP contribution is 2.34. The highest BCUT2D eigenvalue weighted by molar-refractivity contribution is 6.37. The molecule has 2 fully saturated rings. The number of rotatable bonds is 11. The van der Waals surface area contributed by atoms with Gasteiger partial charge < -0.3 is 25.0 Å². The number of nitrogens with zero attached hydrogens (tertiary/aromatic N) is 1. The van der Waals surface area contributed by atoms with Crippen molar-refractivity contribution in [2.75, 3.05) is 26.3 Å². The molecule has 2 unspecified atom stereocenters. The molecule has 2 atom stereocenters. The summed E-state index contributed by atoms with van der Waals surface area (Å²) in [7, 11) is 0. The average Bonchev–Trinajstić information content (AvgIpc) is 3.88. The van der Waals surface area contributed by atoms with Crippen LogP contribution >= 0.6 is 23.2 Å². The second-order valence-corrected chi connectivity index (χ2v) is 13.1. The van der Waals surface area contributed by atoms with E-state index in [2.05, 4.69) is 41.0 Å². The summed E-state index contributed by atoms with van der Waals surface area (Å²) in [5.41, 5.74) is 3.45. The van der Waals surface area contributed by atoms with Gasteiger partial charge in [-0.3, -0.25) is 9.59 Å². The van der Waals surface area contributed by atoms with Gasteiger partial charge in [-0.15, -0.1) is 0 Å². The minimum Gasteiger partial charge on any atom is -0.490 e. The third-order valence-electron chi connectivity index (χ3n) is 8.79. The molecule has 2 amide bonds. The molecule has 0 bridgehead atoms. The molecule has 0 aromatic heterocycles. The molecular formula is C37H39Cl2N3O4. The Bertz CT molecular complexity index is 1710. The third kappa shape index (κ3) is 7.43. The Kier molecular flexibility index (Phi) is 10.0. The molecule has 1 saturated carbocycles. The fourth-order valence-electron chi connectivity index (χ4n) is 6.25. The number of piperidine rings is 1. The Hall–Kier alpha value is -3.78. The van der Waals surface area contributed by atoms with Gasteiger partial charge in [-0.25, -0.2) is 0 Å². The predicted octanol–water partition coefficient (Wildman–Crippen LogP) is 7.12. The maximum atomic E-state index is 14.1. The summed E-state index contributed by atoms with van der Waals surface area (Å²) in [4.78, 5) is 29.7. The lowest BCUT2D eigenvalue weighted by Crippen LogP contribution is -2.55. The van der Waals surface area contributed by atoms with Crippen LogP contribution in [0.1, 0.15) is 46.3 Å². The molecule has 2 N–H and O–H groups in total. The fourth-order valence-corrected chi connectivity index (χ4v) is 6.95. The van der Waals surface area contributed by atoms with E-state index in [1.807, 2.05) is 36.9 Å². The van der Waals surface area contributed by atoms with Crippen LogP contribution in [0.5, 0.6) is 11.5 Å². The molecule has 240 valence electrons. The van der Waals surface area contributed by atoms with Crippen LogP contribution in [0.3, 0.4) is 0 Å². The Morgan fingerprint density at radius 3 is 2.41 bits per heavy atom. The fraction of sp³-hybridized carbons (Fsp3) is 0.351. The van der Waals surface area contributed by atoms with Gasteiger partial charge in [-0.05, 0) is 97.4 Å². The summed E-state index contributed by atoms with van der Waals surface area (Å²) in [5, 5.41) is 9.85. The Morgan fingerprint density at radius 2 is 1.65 bits per heavy atom. The van der Waals surface area contributed by atoms with Gasteiger partial charge in [-0.2, -0.15) is 0 Å². The van der Waals surface area contributed by atoms with E-state index in [4.69, 9.17) is 32.7 Å². The van der Waals surface area contributed by atoms with E-state index >= 15 is 0 Å². The quantitative estimate of drug-likeness (QED) is 0.168. The molecule has 2 aliphatic rings. The number of benzene rings is 4. The van der Waals surface area contributed by atoms with Gasteiger partial charge in [0, 0.05) is 30.7 Å². The van der Waals surface area contributed by atoms with Crippen molar-refractivity contribution in [1.29, 1.82) is 0 Å². The molecule has 0 radical (unpaired) electrons. The largest absolute Gasteiger partial charge is 0.490 e. The number of hydrogen-bond donors (Lipinski definition) is 2. The van der Waals surface area contributed by atoms with Crippen molar-refractivity contribution in [3.05, 3.63) is 105 Å². The lowest BCUT2D eigenvalue weighted by Gasteiger charge is -2.36. The number of halogens is 2. The maximum absolute atomic E-state index is 14.1. The zero-order valence-electron chi connectivity index (χ0n) is 26.2. The molecule has 6 rings (SSSR count). The second-order valence-electron chi connectivity index (χ2n) is 12.2. The normalized spacial score (nSPS) is 17.8. The predicted molar refractivity (Wildman–Crippen MR) is 183 cm³/mol. The van der Waals surface area contributed by atoms with Crippen LogP contribution in [-0.4, -0.2) is 55.1 Å². The summed E-state index contributed by atoms with van der Waals surface area (Å²) in [6, 6.07) is 23.5. The van der Waals surface area contributed by atoms with Crippen molar-refractivity contribution in [1.82, 2.24) is 15.5 Å². The van der Waals surface area contributed by atoms with Gasteiger partial charge in [0.1, 0.15) is 19.0 Å². The topological polar surface area (TPSA) is 79.9 Å². The molecule has 1 aliphatic carbocycles. The Morgan fingerprint density at radius 1 is 0.913 bits per heavy atom.